The third-order valence-corrected chi connectivity index (χ3v) is 6.40. The van der Waals surface area contributed by atoms with E-state index in [9.17, 15) is 4.79 Å². The zero-order valence-corrected chi connectivity index (χ0v) is 18.2. The largest absolute Gasteiger partial charge is 0.397 e. The quantitative estimate of drug-likeness (QED) is 0.324. The van der Waals surface area contributed by atoms with Crippen molar-refractivity contribution in [3.8, 4) is 0 Å². The van der Waals surface area contributed by atoms with Crippen LogP contribution < -0.4 is 16.4 Å². The lowest BCUT2D eigenvalue weighted by atomic mass is 10.0. The van der Waals surface area contributed by atoms with E-state index in [-0.39, 0.29) is 5.91 Å². The average Bonchev–Trinajstić information content (AvgIpc) is 3.38. The van der Waals surface area contributed by atoms with Gasteiger partial charge >= 0.3 is 0 Å². The van der Waals surface area contributed by atoms with E-state index < -0.39 is 0 Å². The number of nitrogen functional groups attached to an aromatic ring is 1. The molecule has 0 radical (unpaired) electrons. The molecule has 1 unspecified atom stereocenters. The van der Waals surface area contributed by atoms with Gasteiger partial charge in [0.25, 0.3) is 5.91 Å². The Labute approximate surface area is 188 Å². The topological polar surface area (TPSA) is 82.9 Å². The second-order valence-electron chi connectivity index (χ2n) is 8.61. The fraction of sp³-hybridized carbons (Fsp3) is 0.222. The Kier molecular flexibility index (Phi) is 5.41. The average molecular weight is 425 g/mol. The first-order valence-electron chi connectivity index (χ1n) is 11.2. The van der Waals surface area contributed by atoms with E-state index in [2.05, 4.69) is 53.0 Å². The maximum atomic E-state index is 12.7. The summed E-state index contributed by atoms with van der Waals surface area (Å²) in [5, 5.41) is 7.94. The van der Waals surface area contributed by atoms with E-state index in [1.807, 2.05) is 30.3 Å². The molecule has 5 nitrogen and oxygen atoms in total. The van der Waals surface area contributed by atoms with Crippen molar-refractivity contribution in [2.24, 2.45) is 0 Å². The van der Waals surface area contributed by atoms with Crippen molar-refractivity contribution in [2.45, 2.75) is 32.2 Å². The molecule has 5 N–H and O–H groups in total. The molecule has 1 atom stereocenters. The number of nitrogens with two attached hydrogens (primary N) is 1. The van der Waals surface area contributed by atoms with E-state index in [1.165, 1.54) is 33.2 Å². The fourth-order valence-electron chi connectivity index (χ4n) is 4.66. The molecule has 1 amide bonds. The SMILES string of the molecule is Cc1ccc2c(CCNC3CCc4cc(C(=O)Nc5ccccc5N)ccc43)c[nH]c2c1. The van der Waals surface area contributed by atoms with Gasteiger partial charge in [-0.1, -0.05) is 30.3 Å². The summed E-state index contributed by atoms with van der Waals surface area (Å²) in [7, 11) is 0. The number of hydrogen-bond donors (Lipinski definition) is 4. The Bertz CT molecular complexity index is 1290. The molecule has 0 spiro atoms. The number of aromatic amines is 1. The number of nitrogens with one attached hydrogen (secondary N) is 3. The number of fused-ring (bicyclic) bond motifs is 2. The molecule has 0 saturated carbocycles. The Morgan fingerprint density at radius 1 is 1.12 bits per heavy atom. The third-order valence-electron chi connectivity index (χ3n) is 6.40. The Morgan fingerprint density at radius 3 is 2.88 bits per heavy atom. The predicted molar refractivity (Wildman–Crippen MR) is 131 cm³/mol. The lowest BCUT2D eigenvalue weighted by Crippen LogP contribution is -2.22. The van der Waals surface area contributed by atoms with Gasteiger partial charge in [-0.25, -0.2) is 0 Å². The van der Waals surface area contributed by atoms with Crippen LogP contribution >= 0.6 is 0 Å². The van der Waals surface area contributed by atoms with Crippen molar-refractivity contribution in [3.63, 3.8) is 0 Å². The van der Waals surface area contributed by atoms with Gasteiger partial charge < -0.3 is 21.4 Å². The Hall–Kier alpha value is -3.57. The van der Waals surface area contributed by atoms with Gasteiger partial charge in [0, 0.05) is 28.7 Å². The van der Waals surface area contributed by atoms with Crippen LogP contribution in [0.2, 0.25) is 0 Å². The number of carbonyl (C=O) groups is 1. The lowest BCUT2D eigenvalue weighted by molar-refractivity contribution is 0.102. The summed E-state index contributed by atoms with van der Waals surface area (Å²) in [4.78, 5) is 16.1. The minimum atomic E-state index is -0.128. The minimum Gasteiger partial charge on any atom is -0.397 e. The standard InChI is InChI=1S/C27H28N4O/c1-17-6-9-22-20(16-30-26(22)14-17)12-13-29-24-11-8-18-15-19(7-10-21(18)24)27(32)31-25-5-3-2-4-23(25)28/h2-7,9-10,14-16,24,29-30H,8,11-13,28H2,1H3,(H,31,32). The van der Waals surface area contributed by atoms with Crippen LogP contribution in [0.15, 0.2) is 66.9 Å². The highest BCUT2D eigenvalue weighted by Gasteiger charge is 2.23. The molecule has 5 heteroatoms. The molecular formula is C27H28N4O. The zero-order chi connectivity index (χ0) is 22.1. The highest BCUT2D eigenvalue weighted by Crippen LogP contribution is 2.32. The Balaban J connectivity index is 1.22. The first kappa shape index (κ1) is 20.3. The molecule has 5 rings (SSSR count). The minimum absolute atomic E-state index is 0.128. The predicted octanol–water partition coefficient (Wildman–Crippen LogP) is 5.13. The molecule has 32 heavy (non-hydrogen) atoms. The molecule has 1 aliphatic rings. The first-order valence-corrected chi connectivity index (χ1v) is 11.2. The summed E-state index contributed by atoms with van der Waals surface area (Å²) in [5.74, 6) is -0.128. The van der Waals surface area contributed by atoms with Gasteiger partial charge in [0.15, 0.2) is 0 Å². The molecule has 1 heterocycles. The van der Waals surface area contributed by atoms with Gasteiger partial charge in [-0.2, -0.15) is 0 Å². The van der Waals surface area contributed by atoms with E-state index in [4.69, 9.17) is 5.73 Å². The van der Waals surface area contributed by atoms with Gasteiger partial charge in [-0.3, -0.25) is 4.79 Å². The number of rotatable bonds is 6. The van der Waals surface area contributed by atoms with Crippen LogP contribution in [0, 0.1) is 6.92 Å². The summed E-state index contributed by atoms with van der Waals surface area (Å²) in [6.07, 6.45) is 5.14. The van der Waals surface area contributed by atoms with Crippen molar-refractivity contribution in [2.75, 3.05) is 17.6 Å². The van der Waals surface area contributed by atoms with Gasteiger partial charge in [0.05, 0.1) is 11.4 Å². The molecule has 162 valence electrons. The van der Waals surface area contributed by atoms with Crippen molar-refractivity contribution in [1.29, 1.82) is 0 Å². The van der Waals surface area contributed by atoms with Gasteiger partial charge in [-0.15, -0.1) is 0 Å². The summed E-state index contributed by atoms with van der Waals surface area (Å²) in [5.41, 5.74) is 14.2. The number of benzene rings is 3. The van der Waals surface area contributed by atoms with Crippen LogP contribution in [-0.4, -0.2) is 17.4 Å². The van der Waals surface area contributed by atoms with Crippen LogP contribution in [-0.2, 0) is 12.8 Å². The van der Waals surface area contributed by atoms with Crippen LogP contribution in [0.25, 0.3) is 10.9 Å². The number of aromatic nitrogens is 1. The van der Waals surface area contributed by atoms with Gasteiger partial charge in [0.1, 0.15) is 0 Å². The monoisotopic (exact) mass is 424 g/mol. The second-order valence-corrected chi connectivity index (χ2v) is 8.61. The fourth-order valence-corrected chi connectivity index (χ4v) is 4.66. The molecule has 4 aromatic rings. The zero-order valence-electron chi connectivity index (χ0n) is 18.2. The molecule has 0 bridgehead atoms. The highest BCUT2D eigenvalue weighted by atomic mass is 16.1. The molecule has 1 aromatic heterocycles. The molecule has 0 saturated heterocycles. The number of aryl methyl sites for hydroxylation is 2. The summed E-state index contributed by atoms with van der Waals surface area (Å²) >= 11 is 0. The van der Waals surface area contributed by atoms with Crippen LogP contribution in [0.3, 0.4) is 0 Å². The normalized spacial score (nSPS) is 15.1. The molecule has 3 aromatic carbocycles. The number of hydrogen-bond acceptors (Lipinski definition) is 3. The van der Waals surface area contributed by atoms with Crippen molar-refractivity contribution in [1.82, 2.24) is 10.3 Å². The van der Waals surface area contributed by atoms with Gasteiger partial charge in [-0.05, 0) is 85.3 Å². The van der Waals surface area contributed by atoms with E-state index >= 15 is 0 Å². The van der Waals surface area contributed by atoms with Gasteiger partial charge in [0.2, 0.25) is 0 Å². The van der Waals surface area contributed by atoms with Crippen molar-refractivity contribution >= 4 is 28.2 Å². The second kappa shape index (κ2) is 8.52. The van der Waals surface area contributed by atoms with E-state index in [0.29, 0.717) is 23.0 Å². The van der Waals surface area contributed by atoms with Crippen molar-refractivity contribution in [3.05, 3.63) is 94.7 Å². The maximum absolute atomic E-state index is 12.7. The van der Waals surface area contributed by atoms with E-state index in [0.717, 1.165) is 25.8 Å². The number of para-hydroxylation sites is 2. The van der Waals surface area contributed by atoms with E-state index in [1.54, 1.807) is 6.07 Å². The number of amides is 1. The summed E-state index contributed by atoms with van der Waals surface area (Å²) in [6.45, 7) is 3.03. The first-order chi connectivity index (χ1) is 15.6. The molecule has 0 fully saturated rings. The van der Waals surface area contributed by atoms with Crippen LogP contribution in [0.4, 0.5) is 11.4 Å². The summed E-state index contributed by atoms with van der Waals surface area (Å²) in [6, 6.07) is 20.2. The number of carbonyl (C=O) groups excluding carboxylic acids is 1. The smallest absolute Gasteiger partial charge is 0.255 e. The lowest BCUT2D eigenvalue weighted by Gasteiger charge is -2.14. The van der Waals surface area contributed by atoms with Crippen LogP contribution in [0.1, 0.15) is 45.1 Å². The molecule has 0 aliphatic heterocycles. The summed E-state index contributed by atoms with van der Waals surface area (Å²) < 4.78 is 0. The Morgan fingerprint density at radius 2 is 2.00 bits per heavy atom. The van der Waals surface area contributed by atoms with Crippen LogP contribution in [0.5, 0.6) is 0 Å². The number of anilines is 2. The molecular weight excluding hydrogens is 396 g/mol. The third kappa shape index (κ3) is 3.99. The molecule has 1 aliphatic carbocycles. The highest BCUT2D eigenvalue weighted by molar-refractivity contribution is 6.05. The number of H-pyrrole nitrogens is 1. The van der Waals surface area contributed by atoms with Crippen molar-refractivity contribution < 1.29 is 4.79 Å². The maximum Gasteiger partial charge on any atom is 0.255 e.